The average Bonchev–Trinajstić information content (AvgIpc) is 3.12. The maximum Gasteiger partial charge on any atom is 0.226 e. The van der Waals surface area contributed by atoms with Crippen LogP contribution in [0, 0.1) is 11.3 Å². The molecule has 1 aliphatic carbocycles. The molecule has 0 aromatic carbocycles. The maximum absolute atomic E-state index is 12.7. The normalized spacial score (nSPS) is 31.4. The van der Waals surface area contributed by atoms with E-state index < -0.39 is 0 Å². The van der Waals surface area contributed by atoms with Crippen LogP contribution in [0.4, 0.5) is 0 Å². The molecule has 0 bridgehead atoms. The Bertz CT molecular complexity index is 343. The molecule has 1 amide bonds. The van der Waals surface area contributed by atoms with Gasteiger partial charge in [0.2, 0.25) is 5.91 Å². The van der Waals surface area contributed by atoms with Crippen LogP contribution >= 0.6 is 0 Å². The largest absolute Gasteiger partial charge is 0.342 e. The zero-order valence-electron chi connectivity index (χ0n) is 12.3. The summed E-state index contributed by atoms with van der Waals surface area (Å²) in [7, 11) is 4.20. The first-order valence-electron chi connectivity index (χ1n) is 7.78. The van der Waals surface area contributed by atoms with Gasteiger partial charge in [0.25, 0.3) is 0 Å². The molecule has 0 aromatic heterocycles. The summed E-state index contributed by atoms with van der Waals surface area (Å²) in [5.74, 6) is 0.760. The van der Waals surface area contributed by atoms with Crippen molar-refractivity contribution >= 4 is 5.91 Å². The first-order chi connectivity index (χ1) is 9.12. The fraction of sp³-hybridized carbons (Fsp3) is 0.933. The summed E-state index contributed by atoms with van der Waals surface area (Å²) < 4.78 is 0. The van der Waals surface area contributed by atoms with E-state index in [1.165, 1.54) is 12.8 Å². The van der Waals surface area contributed by atoms with Crippen molar-refractivity contribution in [2.24, 2.45) is 11.3 Å². The molecular weight excluding hydrogens is 238 g/mol. The predicted octanol–water partition coefficient (Wildman–Crippen LogP) is 0.929. The van der Waals surface area contributed by atoms with Crippen LogP contribution in [0.1, 0.15) is 32.1 Å². The van der Waals surface area contributed by atoms with Crippen molar-refractivity contribution in [2.45, 2.75) is 38.1 Å². The smallest absolute Gasteiger partial charge is 0.226 e. The second-order valence-corrected chi connectivity index (χ2v) is 6.85. The van der Waals surface area contributed by atoms with Crippen molar-refractivity contribution < 1.29 is 4.79 Å². The molecule has 1 N–H and O–H groups in total. The van der Waals surface area contributed by atoms with Crippen molar-refractivity contribution in [2.75, 3.05) is 40.3 Å². The first kappa shape index (κ1) is 13.4. The minimum Gasteiger partial charge on any atom is -0.342 e. The first-order valence-corrected chi connectivity index (χ1v) is 7.78. The van der Waals surface area contributed by atoms with Gasteiger partial charge < -0.3 is 15.1 Å². The van der Waals surface area contributed by atoms with Gasteiger partial charge in [0, 0.05) is 19.0 Å². The van der Waals surface area contributed by atoms with E-state index in [-0.39, 0.29) is 0 Å². The molecule has 3 rings (SSSR count). The SMILES string of the molecule is CN1CCC(N(C)C(=O)C2CC23CCNCC3)CC1. The monoisotopic (exact) mass is 265 g/mol. The van der Waals surface area contributed by atoms with Gasteiger partial charge in [-0.3, -0.25) is 4.79 Å². The number of nitrogens with one attached hydrogen (secondary N) is 1. The summed E-state index contributed by atoms with van der Waals surface area (Å²) in [5.41, 5.74) is 0.377. The lowest BCUT2D eigenvalue weighted by atomic mass is 9.91. The molecule has 1 spiro atoms. The van der Waals surface area contributed by atoms with Crippen LogP contribution in [-0.2, 0) is 4.79 Å². The van der Waals surface area contributed by atoms with Gasteiger partial charge in [-0.25, -0.2) is 0 Å². The molecule has 19 heavy (non-hydrogen) atoms. The molecule has 2 heterocycles. The number of piperidine rings is 2. The van der Waals surface area contributed by atoms with E-state index in [1.54, 1.807) is 0 Å². The Hall–Kier alpha value is -0.610. The van der Waals surface area contributed by atoms with E-state index in [0.717, 1.165) is 45.4 Å². The van der Waals surface area contributed by atoms with Gasteiger partial charge in [0.1, 0.15) is 0 Å². The van der Waals surface area contributed by atoms with Crippen LogP contribution in [-0.4, -0.2) is 62.0 Å². The number of likely N-dealkylation sites (tertiary alicyclic amines) is 1. The highest BCUT2D eigenvalue weighted by atomic mass is 16.2. The van der Waals surface area contributed by atoms with Crippen molar-refractivity contribution in [3.63, 3.8) is 0 Å². The van der Waals surface area contributed by atoms with E-state index in [1.807, 2.05) is 7.05 Å². The van der Waals surface area contributed by atoms with Crippen LogP contribution in [0.25, 0.3) is 0 Å². The van der Waals surface area contributed by atoms with Gasteiger partial charge >= 0.3 is 0 Å². The molecule has 0 radical (unpaired) electrons. The Morgan fingerprint density at radius 3 is 2.53 bits per heavy atom. The number of hydrogen-bond acceptors (Lipinski definition) is 3. The number of rotatable bonds is 2. The van der Waals surface area contributed by atoms with E-state index in [2.05, 4.69) is 22.2 Å². The summed E-state index contributed by atoms with van der Waals surface area (Å²) in [5, 5.41) is 3.41. The summed E-state index contributed by atoms with van der Waals surface area (Å²) >= 11 is 0. The maximum atomic E-state index is 12.7. The Kier molecular flexibility index (Phi) is 3.56. The van der Waals surface area contributed by atoms with Gasteiger partial charge in [-0.2, -0.15) is 0 Å². The molecule has 3 aliphatic rings. The van der Waals surface area contributed by atoms with Crippen molar-refractivity contribution in [3.8, 4) is 0 Å². The number of nitrogens with zero attached hydrogens (tertiary/aromatic N) is 2. The fourth-order valence-corrected chi connectivity index (χ4v) is 3.98. The topological polar surface area (TPSA) is 35.6 Å². The molecule has 1 atom stereocenters. The summed E-state index contributed by atoms with van der Waals surface area (Å²) in [6.45, 7) is 4.45. The van der Waals surface area contributed by atoms with Crippen LogP contribution < -0.4 is 5.32 Å². The molecule has 3 fully saturated rings. The lowest BCUT2D eigenvalue weighted by molar-refractivity contribution is -0.135. The lowest BCUT2D eigenvalue weighted by Gasteiger charge is -2.36. The Morgan fingerprint density at radius 1 is 1.26 bits per heavy atom. The summed E-state index contributed by atoms with van der Waals surface area (Å²) in [6.07, 6.45) is 5.82. The highest BCUT2D eigenvalue weighted by Gasteiger charge is 2.58. The minimum atomic E-state index is 0.333. The predicted molar refractivity (Wildman–Crippen MR) is 75.9 cm³/mol. The standard InChI is InChI=1S/C15H27N3O/c1-17-9-3-12(4-10-17)18(2)14(19)13-11-15(13)5-7-16-8-6-15/h12-13,16H,3-11H2,1-2H3. The highest BCUT2D eigenvalue weighted by Crippen LogP contribution is 2.59. The summed E-state index contributed by atoms with van der Waals surface area (Å²) in [4.78, 5) is 17.1. The van der Waals surface area contributed by atoms with E-state index in [4.69, 9.17) is 0 Å². The molecule has 2 aliphatic heterocycles. The third kappa shape index (κ3) is 2.52. The number of carbonyl (C=O) groups is 1. The van der Waals surface area contributed by atoms with Crippen LogP contribution in [0.15, 0.2) is 0 Å². The third-order valence-electron chi connectivity index (χ3n) is 5.67. The minimum absolute atomic E-state index is 0.333. The van der Waals surface area contributed by atoms with Gasteiger partial charge in [0.15, 0.2) is 0 Å². The number of carbonyl (C=O) groups excluding carboxylic acids is 1. The zero-order chi connectivity index (χ0) is 13.5. The van der Waals surface area contributed by atoms with Crippen molar-refractivity contribution in [1.29, 1.82) is 0 Å². The number of hydrogen-bond donors (Lipinski definition) is 1. The molecule has 1 saturated carbocycles. The van der Waals surface area contributed by atoms with Gasteiger partial charge in [-0.05, 0) is 70.7 Å². The quantitative estimate of drug-likeness (QED) is 0.807. The van der Waals surface area contributed by atoms with E-state index in [9.17, 15) is 4.79 Å². The molecular formula is C15H27N3O. The number of amides is 1. The Morgan fingerprint density at radius 2 is 1.89 bits per heavy atom. The van der Waals surface area contributed by atoms with Crippen LogP contribution in [0.3, 0.4) is 0 Å². The highest BCUT2D eigenvalue weighted by molar-refractivity contribution is 5.82. The molecule has 1 unspecified atom stereocenters. The molecule has 4 nitrogen and oxygen atoms in total. The van der Waals surface area contributed by atoms with Crippen LogP contribution in [0.2, 0.25) is 0 Å². The van der Waals surface area contributed by atoms with Gasteiger partial charge in [0.05, 0.1) is 0 Å². The molecule has 108 valence electrons. The van der Waals surface area contributed by atoms with Crippen LogP contribution in [0.5, 0.6) is 0 Å². The molecule has 2 saturated heterocycles. The molecule has 0 aromatic rings. The Labute approximate surface area is 116 Å². The molecule has 4 heteroatoms. The van der Waals surface area contributed by atoms with Gasteiger partial charge in [-0.15, -0.1) is 0 Å². The zero-order valence-corrected chi connectivity index (χ0v) is 12.3. The summed E-state index contributed by atoms with van der Waals surface area (Å²) in [6, 6.07) is 0.475. The average molecular weight is 265 g/mol. The third-order valence-corrected chi connectivity index (χ3v) is 5.67. The van der Waals surface area contributed by atoms with Crippen molar-refractivity contribution in [3.05, 3.63) is 0 Å². The second-order valence-electron chi connectivity index (χ2n) is 6.85. The lowest BCUT2D eigenvalue weighted by Crippen LogP contribution is -2.45. The van der Waals surface area contributed by atoms with Gasteiger partial charge in [-0.1, -0.05) is 0 Å². The van der Waals surface area contributed by atoms with E-state index in [0.29, 0.717) is 23.3 Å². The fourth-order valence-electron chi connectivity index (χ4n) is 3.98. The van der Waals surface area contributed by atoms with E-state index >= 15 is 0 Å². The second kappa shape index (κ2) is 5.06. The Balaban J connectivity index is 1.56. The van der Waals surface area contributed by atoms with Crippen molar-refractivity contribution in [1.82, 2.24) is 15.1 Å².